The molecule has 0 unspecified atom stereocenters. The number of carbonyl (C=O) groups is 2. The highest BCUT2D eigenvalue weighted by Gasteiger charge is 2.22. The van der Waals surface area contributed by atoms with Crippen LogP contribution in [0.25, 0.3) is 11.3 Å². The van der Waals surface area contributed by atoms with E-state index in [1.54, 1.807) is 18.5 Å². The molecule has 0 radical (unpaired) electrons. The molecule has 4 heterocycles. The van der Waals surface area contributed by atoms with Crippen LogP contribution < -0.4 is 10.6 Å². The topological polar surface area (TPSA) is 115 Å². The molecule has 2 aliphatic rings. The van der Waals surface area contributed by atoms with Crippen LogP contribution in [0.1, 0.15) is 45.1 Å². The summed E-state index contributed by atoms with van der Waals surface area (Å²) >= 11 is 0. The van der Waals surface area contributed by atoms with Crippen molar-refractivity contribution in [2.24, 2.45) is 5.92 Å². The normalized spacial score (nSPS) is 16.1. The van der Waals surface area contributed by atoms with Crippen LogP contribution >= 0.6 is 0 Å². The molecule has 0 aliphatic carbocycles. The molecule has 4 rings (SSSR count). The summed E-state index contributed by atoms with van der Waals surface area (Å²) in [5.74, 6) is 8.09. The van der Waals surface area contributed by atoms with E-state index in [0.717, 1.165) is 54.1 Å². The van der Waals surface area contributed by atoms with Crippen LogP contribution in [0, 0.1) is 17.8 Å². The second-order valence-corrected chi connectivity index (χ2v) is 9.64. The van der Waals surface area contributed by atoms with E-state index < -0.39 is 0 Å². The van der Waals surface area contributed by atoms with Crippen molar-refractivity contribution in [1.82, 2.24) is 19.9 Å². The summed E-state index contributed by atoms with van der Waals surface area (Å²) in [5, 5.41) is 0. The lowest BCUT2D eigenvalue weighted by molar-refractivity contribution is -0.133. The number of pyridine rings is 1. The second-order valence-electron chi connectivity index (χ2n) is 9.64. The third kappa shape index (κ3) is 7.61. The number of morpholine rings is 1. The van der Waals surface area contributed by atoms with Crippen LogP contribution in [-0.4, -0.2) is 70.9 Å². The standard InChI is InChI=1S/C28H34N6O3/c1-20(2)15-24(35)5-6-27(36)34-9-7-21(8-10-34)3-4-22-16-25(23-18-30-28(29)31-19-23)32-26(17-22)33-11-13-37-14-12-33/h15-19,21H,5-14H2,1-2H3,(H2,29,30,31). The largest absolute Gasteiger partial charge is 0.378 e. The number of nitrogen functional groups attached to an aromatic ring is 1. The molecule has 9 nitrogen and oxygen atoms in total. The summed E-state index contributed by atoms with van der Waals surface area (Å²) in [7, 11) is 0. The molecule has 0 bridgehead atoms. The Balaban J connectivity index is 1.42. The number of hydrogen-bond acceptors (Lipinski definition) is 8. The van der Waals surface area contributed by atoms with E-state index in [9.17, 15) is 9.59 Å². The minimum atomic E-state index is 0.00723. The number of allylic oxidation sites excluding steroid dienone is 2. The van der Waals surface area contributed by atoms with Crippen molar-refractivity contribution >= 4 is 23.5 Å². The first kappa shape index (κ1) is 26.3. The maximum Gasteiger partial charge on any atom is 0.223 e. The molecule has 0 saturated carbocycles. The number of piperidine rings is 1. The quantitative estimate of drug-likeness (QED) is 0.474. The van der Waals surface area contributed by atoms with Gasteiger partial charge in [-0.2, -0.15) is 0 Å². The highest BCUT2D eigenvalue weighted by molar-refractivity contribution is 5.93. The van der Waals surface area contributed by atoms with Crippen LogP contribution in [0.2, 0.25) is 0 Å². The molecule has 2 aliphatic heterocycles. The molecule has 37 heavy (non-hydrogen) atoms. The zero-order valence-electron chi connectivity index (χ0n) is 21.6. The second kappa shape index (κ2) is 12.5. The Morgan fingerprint density at radius 3 is 2.46 bits per heavy atom. The van der Waals surface area contributed by atoms with Crippen LogP contribution in [0.3, 0.4) is 0 Å². The van der Waals surface area contributed by atoms with Crippen molar-refractivity contribution in [3.63, 3.8) is 0 Å². The van der Waals surface area contributed by atoms with Gasteiger partial charge in [-0.1, -0.05) is 17.4 Å². The Kier molecular flexibility index (Phi) is 8.86. The summed E-state index contributed by atoms with van der Waals surface area (Å²) in [6.07, 6.45) is 7.11. The first-order chi connectivity index (χ1) is 17.9. The van der Waals surface area contributed by atoms with Gasteiger partial charge in [0, 0.05) is 68.5 Å². The third-order valence-electron chi connectivity index (χ3n) is 6.42. The van der Waals surface area contributed by atoms with Gasteiger partial charge in [-0.3, -0.25) is 9.59 Å². The number of nitrogens with two attached hydrogens (primary N) is 1. The van der Waals surface area contributed by atoms with Gasteiger partial charge >= 0.3 is 0 Å². The monoisotopic (exact) mass is 502 g/mol. The maximum absolute atomic E-state index is 12.5. The Hall–Kier alpha value is -3.77. The molecule has 194 valence electrons. The number of hydrogen-bond donors (Lipinski definition) is 1. The Labute approximate surface area is 218 Å². The van der Waals surface area contributed by atoms with Crippen molar-refractivity contribution in [1.29, 1.82) is 0 Å². The molecule has 2 fully saturated rings. The zero-order valence-corrected chi connectivity index (χ0v) is 21.6. The average Bonchev–Trinajstić information content (AvgIpc) is 2.91. The molecule has 2 aromatic heterocycles. The lowest BCUT2D eigenvalue weighted by Crippen LogP contribution is -2.38. The maximum atomic E-state index is 12.5. The van der Waals surface area contributed by atoms with Crippen molar-refractivity contribution in [2.45, 2.75) is 39.5 Å². The van der Waals surface area contributed by atoms with Crippen LogP contribution in [0.4, 0.5) is 11.8 Å². The molecule has 2 saturated heterocycles. The Bertz CT molecular complexity index is 1200. The number of nitrogens with zero attached hydrogens (tertiary/aromatic N) is 5. The number of amides is 1. The van der Waals surface area contributed by atoms with Crippen LogP contribution in [0.5, 0.6) is 0 Å². The van der Waals surface area contributed by atoms with Crippen molar-refractivity contribution in [3.8, 4) is 23.1 Å². The lowest BCUT2D eigenvalue weighted by Gasteiger charge is -2.30. The van der Waals surface area contributed by atoms with Gasteiger partial charge in [-0.05, 0) is 44.9 Å². The molecular weight excluding hydrogens is 468 g/mol. The number of carbonyl (C=O) groups excluding carboxylic acids is 2. The molecule has 9 heteroatoms. The van der Waals surface area contributed by atoms with Crippen molar-refractivity contribution in [3.05, 3.63) is 41.7 Å². The summed E-state index contributed by atoms with van der Waals surface area (Å²) in [5.41, 5.74) is 9.02. The van der Waals surface area contributed by atoms with Gasteiger partial charge in [0.05, 0.1) is 18.9 Å². The number of rotatable bonds is 6. The zero-order chi connectivity index (χ0) is 26.2. The van der Waals surface area contributed by atoms with E-state index >= 15 is 0 Å². The molecule has 1 amide bonds. The predicted octanol–water partition coefficient (Wildman–Crippen LogP) is 2.86. The summed E-state index contributed by atoms with van der Waals surface area (Å²) in [4.78, 5) is 41.5. The van der Waals surface area contributed by atoms with E-state index in [1.165, 1.54) is 0 Å². The molecule has 0 spiro atoms. The van der Waals surface area contributed by atoms with Crippen molar-refractivity contribution < 1.29 is 14.3 Å². The third-order valence-corrected chi connectivity index (χ3v) is 6.42. The first-order valence-electron chi connectivity index (χ1n) is 12.8. The first-order valence-corrected chi connectivity index (χ1v) is 12.8. The lowest BCUT2D eigenvalue weighted by atomic mass is 9.96. The minimum absolute atomic E-state index is 0.00723. The highest BCUT2D eigenvalue weighted by Crippen LogP contribution is 2.24. The molecule has 2 N–H and O–H groups in total. The molecule has 2 aromatic rings. The summed E-state index contributed by atoms with van der Waals surface area (Å²) in [6.45, 7) is 7.97. The Morgan fingerprint density at radius 1 is 1.08 bits per heavy atom. The molecule has 0 aromatic carbocycles. The van der Waals surface area contributed by atoms with Crippen LogP contribution in [0.15, 0.2) is 36.2 Å². The SMILES string of the molecule is CC(C)=CC(=O)CCC(=O)N1CCC(C#Cc2cc(-c3cnc(N)nc3)nc(N3CCOCC3)c2)CC1. The van der Waals surface area contributed by atoms with E-state index in [-0.39, 0.29) is 36.4 Å². The fourth-order valence-electron chi connectivity index (χ4n) is 4.40. The van der Waals surface area contributed by atoms with Crippen LogP contribution in [-0.2, 0) is 14.3 Å². The van der Waals surface area contributed by atoms with Crippen molar-refractivity contribution in [2.75, 3.05) is 50.0 Å². The number of ketones is 1. The van der Waals surface area contributed by atoms with Gasteiger partial charge in [0.15, 0.2) is 5.78 Å². The van der Waals surface area contributed by atoms with Gasteiger partial charge in [-0.15, -0.1) is 0 Å². The number of aromatic nitrogens is 3. The fraction of sp³-hybridized carbons (Fsp3) is 0.464. The smallest absolute Gasteiger partial charge is 0.223 e. The van der Waals surface area contributed by atoms with E-state index in [0.29, 0.717) is 26.3 Å². The highest BCUT2D eigenvalue weighted by atomic mass is 16.5. The van der Waals surface area contributed by atoms with Gasteiger partial charge in [0.1, 0.15) is 5.82 Å². The van der Waals surface area contributed by atoms with E-state index in [1.807, 2.05) is 30.9 Å². The van der Waals surface area contributed by atoms with E-state index in [4.69, 9.17) is 15.5 Å². The van der Waals surface area contributed by atoms with E-state index in [2.05, 4.69) is 26.7 Å². The molecular formula is C28H34N6O3. The van der Waals surface area contributed by atoms with Gasteiger partial charge < -0.3 is 20.3 Å². The number of likely N-dealkylation sites (tertiary alicyclic amines) is 1. The van der Waals surface area contributed by atoms with Gasteiger partial charge in [0.2, 0.25) is 11.9 Å². The Morgan fingerprint density at radius 2 is 1.78 bits per heavy atom. The van der Waals surface area contributed by atoms with Gasteiger partial charge in [-0.25, -0.2) is 15.0 Å². The summed E-state index contributed by atoms with van der Waals surface area (Å²) in [6, 6.07) is 3.97. The summed E-state index contributed by atoms with van der Waals surface area (Å²) < 4.78 is 5.50. The minimum Gasteiger partial charge on any atom is -0.378 e. The fourth-order valence-corrected chi connectivity index (χ4v) is 4.40. The number of ether oxygens (including phenoxy) is 1. The molecule has 0 atom stereocenters. The van der Waals surface area contributed by atoms with Gasteiger partial charge in [0.25, 0.3) is 0 Å². The number of anilines is 2. The predicted molar refractivity (Wildman–Crippen MR) is 143 cm³/mol. The average molecular weight is 503 g/mol.